The van der Waals surface area contributed by atoms with E-state index in [2.05, 4.69) is 26.5 Å². The number of carbonyl (C=O) groups excluding carboxylic acids is 1. The molecule has 0 bridgehead atoms. The van der Waals surface area contributed by atoms with Gasteiger partial charge in [-0.3, -0.25) is 4.79 Å². The monoisotopic (exact) mass is 484 g/mol. The number of hydrogen-bond donors (Lipinski definition) is 2. The van der Waals surface area contributed by atoms with Crippen LogP contribution in [-0.4, -0.2) is 31.4 Å². The van der Waals surface area contributed by atoms with Crippen LogP contribution in [0.15, 0.2) is 70.2 Å². The highest BCUT2D eigenvalue weighted by atomic mass is 79.9. The second-order valence-electron chi connectivity index (χ2n) is 6.39. The number of benzene rings is 3. The average Bonchev–Trinajstić information content (AvgIpc) is 2.80. The third-order valence-electron chi connectivity index (χ3n) is 4.31. The summed E-state index contributed by atoms with van der Waals surface area (Å²) in [6.07, 6.45) is 1.44. The molecule has 0 fully saturated rings. The SMILES string of the molecule is COc1cc(C(=O)N/N=C/c2cc(Br)c(O)c(OC)c2)ccc1OCc1ccccc1. The summed E-state index contributed by atoms with van der Waals surface area (Å²) in [6.45, 7) is 0.388. The number of hydrazone groups is 1. The van der Waals surface area contributed by atoms with Crippen LogP contribution in [0.25, 0.3) is 0 Å². The molecule has 0 aromatic heterocycles. The van der Waals surface area contributed by atoms with Crippen LogP contribution in [0.1, 0.15) is 21.5 Å². The van der Waals surface area contributed by atoms with Gasteiger partial charge in [0.1, 0.15) is 6.61 Å². The van der Waals surface area contributed by atoms with E-state index in [1.54, 1.807) is 30.3 Å². The Kier molecular flexibility index (Phi) is 7.50. The van der Waals surface area contributed by atoms with Gasteiger partial charge in [0.05, 0.1) is 24.9 Å². The number of ether oxygens (including phenoxy) is 3. The Bertz CT molecular complexity index is 1090. The molecule has 31 heavy (non-hydrogen) atoms. The molecular formula is C23H21BrN2O5. The first-order chi connectivity index (χ1) is 15.0. The van der Waals surface area contributed by atoms with Crippen LogP contribution >= 0.6 is 15.9 Å². The van der Waals surface area contributed by atoms with Crippen LogP contribution in [0.4, 0.5) is 0 Å². The maximum Gasteiger partial charge on any atom is 0.271 e. The lowest BCUT2D eigenvalue weighted by molar-refractivity contribution is 0.0954. The minimum absolute atomic E-state index is 0.00893. The van der Waals surface area contributed by atoms with Crippen LogP contribution in [0.2, 0.25) is 0 Å². The van der Waals surface area contributed by atoms with Crippen molar-refractivity contribution < 1.29 is 24.1 Å². The van der Waals surface area contributed by atoms with Gasteiger partial charge in [0, 0.05) is 5.56 Å². The zero-order chi connectivity index (χ0) is 22.2. The average molecular weight is 485 g/mol. The predicted octanol–water partition coefficient (Wildman–Crippen LogP) is 4.51. The second-order valence-corrected chi connectivity index (χ2v) is 7.25. The molecule has 0 radical (unpaired) electrons. The molecule has 0 spiro atoms. The minimum atomic E-state index is -0.408. The van der Waals surface area contributed by atoms with Gasteiger partial charge in [-0.05, 0) is 57.4 Å². The van der Waals surface area contributed by atoms with Gasteiger partial charge in [0.25, 0.3) is 5.91 Å². The van der Waals surface area contributed by atoms with E-state index in [1.807, 2.05) is 30.3 Å². The Labute approximate surface area is 188 Å². The predicted molar refractivity (Wildman–Crippen MR) is 121 cm³/mol. The van der Waals surface area contributed by atoms with E-state index < -0.39 is 5.91 Å². The molecule has 1 amide bonds. The largest absolute Gasteiger partial charge is 0.503 e. The number of phenols is 1. The summed E-state index contributed by atoms with van der Waals surface area (Å²) >= 11 is 3.24. The Morgan fingerprint density at radius 1 is 1.03 bits per heavy atom. The van der Waals surface area contributed by atoms with Crippen molar-refractivity contribution in [2.75, 3.05) is 14.2 Å². The third kappa shape index (κ3) is 5.76. The summed E-state index contributed by atoms with van der Waals surface area (Å²) in [5.74, 6) is 0.851. The normalized spacial score (nSPS) is 10.7. The van der Waals surface area contributed by atoms with Gasteiger partial charge in [-0.25, -0.2) is 5.43 Å². The maximum absolute atomic E-state index is 12.4. The summed E-state index contributed by atoms with van der Waals surface area (Å²) in [4.78, 5) is 12.4. The summed E-state index contributed by atoms with van der Waals surface area (Å²) < 4.78 is 16.7. The molecule has 8 heteroatoms. The highest BCUT2D eigenvalue weighted by Gasteiger charge is 2.12. The fourth-order valence-corrected chi connectivity index (χ4v) is 3.18. The molecule has 0 aliphatic carbocycles. The molecule has 7 nitrogen and oxygen atoms in total. The van der Waals surface area contributed by atoms with E-state index >= 15 is 0 Å². The van der Waals surface area contributed by atoms with Crippen LogP contribution in [0.5, 0.6) is 23.0 Å². The summed E-state index contributed by atoms with van der Waals surface area (Å²) in [6, 6.07) is 17.9. The van der Waals surface area contributed by atoms with Gasteiger partial charge in [-0.1, -0.05) is 30.3 Å². The van der Waals surface area contributed by atoms with Crippen LogP contribution < -0.4 is 19.6 Å². The molecular weight excluding hydrogens is 464 g/mol. The lowest BCUT2D eigenvalue weighted by atomic mass is 10.2. The van der Waals surface area contributed by atoms with Gasteiger partial charge < -0.3 is 19.3 Å². The van der Waals surface area contributed by atoms with Gasteiger partial charge in [-0.2, -0.15) is 5.10 Å². The van der Waals surface area contributed by atoms with Crippen molar-refractivity contribution in [2.24, 2.45) is 5.10 Å². The van der Waals surface area contributed by atoms with Gasteiger partial charge in [0.2, 0.25) is 0 Å². The van der Waals surface area contributed by atoms with Gasteiger partial charge in [-0.15, -0.1) is 0 Å². The lowest BCUT2D eigenvalue weighted by Crippen LogP contribution is -2.17. The molecule has 0 unspecified atom stereocenters. The van der Waals surface area contributed by atoms with E-state index in [4.69, 9.17) is 14.2 Å². The van der Waals surface area contributed by atoms with Gasteiger partial charge >= 0.3 is 0 Å². The van der Waals surface area contributed by atoms with Crippen molar-refractivity contribution in [1.29, 1.82) is 0 Å². The summed E-state index contributed by atoms with van der Waals surface area (Å²) in [7, 11) is 2.96. The topological polar surface area (TPSA) is 89.4 Å². The highest BCUT2D eigenvalue weighted by molar-refractivity contribution is 9.10. The number of rotatable bonds is 8. The molecule has 3 aromatic rings. The summed E-state index contributed by atoms with van der Waals surface area (Å²) in [5, 5.41) is 13.8. The number of amides is 1. The first-order valence-electron chi connectivity index (χ1n) is 9.26. The number of carbonyl (C=O) groups is 1. The maximum atomic E-state index is 12.4. The van der Waals surface area contributed by atoms with E-state index in [0.29, 0.717) is 33.7 Å². The van der Waals surface area contributed by atoms with Crippen molar-refractivity contribution >= 4 is 28.1 Å². The molecule has 0 saturated heterocycles. The molecule has 3 aromatic carbocycles. The second kappa shape index (κ2) is 10.5. The van der Waals surface area contributed by atoms with Crippen LogP contribution in [0, 0.1) is 0 Å². The van der Waals surface area contributed by atoms with Crippen molar-refractivity contribution in [2.45, 2.75) is 6.61 Å². The van der Waals surface area contributed by atoms with Crippen molar-refractivity contribution in [1.82, 2.24) is 5.43 Å². The van der Waals surface area contributed by atoms with Crippen molar-refractivity contribution in [3.8, 4) is 23.0 Å². The Morgan fingerprint density at radius 3 is 2.48 bits per heavy atom. The third-order valence-corrected chi connectivity index (χ3v) is 4.92. The Hall–Kier alpha value is -3.52. The quantitative estimate of drug-likeness (QED) is 0.362. The van der Waals surface area contributed by atoms with Crippen molar-refractivity contribution in [3.05, 3.63) is 81.8 Å². The molecule has 0 heterocycles. The van der Waals surface area contributed by atoms with Gasteiger partial charge in [0.15, 0.2) is 23.0 Å². The van der Waals surface area contributed by atoms with Crippen LogP contribution in [0.3, 0.4) is 0 Å². The fourth-order valence-electron chi connectivity index (χ4n) is 2.72. The standard InChI is InChI=1S/C23H21BrN2O5/c1-29-20-12-17(8-9-19(20)31-14-15-6-4-3-5-7-15)23(28)26-25-13-16-10-18(24)22(27)21(11-16)30-2/h3-13,27H,14H2,1-2H3,(H,26,28)/b25-13+. The Morgan fingerprint density at radius 2 is 1.77 bits per heavy atom. The number of nitrogens with one attached hydrogen (secondary N) is 1. The smallest absolute Gasteiger partial charge is 0.271 e. The Balaban J connectivity index is 1.66. The number of nitrogens with zero attached hydrogens (tertiary/aromatic N) is 1. The molecule has 0 aliphatic heterocycles. The zero-order valence-electron chi connectivity index (χ0n) is 17.0. The molecule has 160 valence electrons. The van der Waals surface area contributed by atoms with Crippen molar-refractivity contribution in [3.63, 3.8) is 0 Å². The van der Waals surface area contributed by atoms with Crippen LogP contribution in [-0.2, 0) is 6.61 Å². The number of phenolic OH excluding ortho intramolecular Hbond substituents is 1. The lowest BCUT2D eigenvalue weighted by Gasteiger charge is -2.12. The number of halogens is 1. The molecule has 0 aliphatic rings. The number of aromatic hydroxyl groups is 1. The molecule has 3 rings (SSSR count). The number of methoxy groups -OCH3 is 2. The van der Waals surface area contributed by atoms with E-state index in [9.17, 15) is 9.90 Å². The molecule has 2 N–H and O–H groups in total. The first-order valence-corrected chi connectivity index (χ1v) is 10.1. The molecule has 0 atom stereocenters. The first kappa shape index (κ1) is 22.2. The zero-order valence-corrected chi connectivity index (χ0v) is 18.5. The van der Waals surface area contributed by atoms with E-state index in [1.165, 1.54) is 20.4 Å². The number of hydrogen-bond acceptors (Lipinski definition) is 6. The van der Waals surface area contributed by atoms with E-state index in [0.717, 1.165) is 5.56 Å². The fraction of sp³-hybridized carbons (Fsp3) is 0.130. The minimum Gasteiger partial charge on any atom is -0.503 e. The van der Waals surface area contributed by atoms with E-state index in [-0.39, 0.29) is 11.5 Å². The highest BCUT2D eigenvalue weighted by Crippen LogP contribution is 2.34. The summed E-state index contributed by atoms with van der Waals surface area (Å²) in [5.41, 5.74) is 4.48. The molecule has 0 saturated carbocycles.